The van der Waals surface area contributed by atoms with Gasteiger partial charge in [-0.05, 0) is 67.9 Å². The molecule has 1 aliphatic heterocycles. The van der Waals surface area contributed by atoms with E-state index in [1.54, 1.807) is 24.3 Å². The normalized spacial score (nSPS) is 26.0. The summed E-state index contributed by atoms with van der Waals surface area (Å²) in [6.07, 6.45) is 4.71. The number of anilines is 1. The second kappa shape index (κ2) is 10.8. The Bertz CT molecular complexity index is 1080. The Morgan fingerprint density at radius 1 is 1.09 bits per heavy atom. The average molecular weight is 517 g/mol. The predicted octanol–water partition coefficient (Wildman–Crippen LogP) is 3.99. The smallest absolute Gasteiger partial charge is 0.378 e. The van der Waals surface area contributed by atoms with Crippen molar-refractivity contribution in [2.24, 2.45) is 5.92 Å². The zero-order valence-corrected chi connectivity index (χ0v) is 19.8. The van der Waals surface area contributed by atoms with Gasteiger partial charge in [-0.1, -0.05) is 12.1 Å². The molecule has 2 aromatic rings. The number of alkyl halides is 3. The lowest BCUT2D eigenvalue weighted by molar-refractivity contribution is -0.0460. The van der Waals surface area contributed by atoms with Gasteiger partial charge in [0.05, 0.1) is 12.7 Å². The Labute approximate surface area is 201 Å². The van der Waals surface area contributed by atoms with Gasteiger partial charge >= 0.3 is 15.5 Å². The maximum absolute atomic E-state index is 13.6. The minimum atomic E-state index is -5.48. The Balaban J connectivity index is 1.39. The highest BCUT2D eigenvalue weighted by Crippen LogP contribution is 2.35. The van der Waals surface area contributed by atoms with E-state index in [-0.39, 0.29) is 37.4 Å². The number of aromatic nitrogens is 2. The number of benzene rings is 1. The number of nitrogens with zero attached hydrogens (tertiary/aromatic N) is 3. The van der Waals surface area contributed by atoms with Gasteiger partial charge in [0.15, 0.2) is 5.82 Å². The lowest BCUT2D eigenvalue weighted by Gasteiger charge is -2.40. The van der Waals surface area contributed by atoms with Crippen LogP contribution >= 0.6 is 0 Å². The first-order chi connectivity index (χ1) is 16.6. The topological polar surface area (TPSA) is 84.4 Å². The first kappa shape index (κ1) is 25.8. The van der Waals surface area contributed by atoms with Crippen molar-refractivity contribution in [1.82, 2.24) is 14.9 Å². The van der Waals surface area contributed by atoms with Crippen LogP contribution in [0.2, 0.25) is 0 Å². The third-order valence-electron chi connectivity index (χ3n) is 6.77. The molecule has 2 heterocycles. The fraction of sp³-hybridized carbons (Fsp3) is 0.565. The molecule has 1 aliphatic carbocycles. The number of nitrogens with one attached hydrogen (secondary N) is 1. The number of halogens is 4. The summed E-state index contributed by atoms with van der Waals surface area (Å²) in [5.74, 6) is 0.0333. The molecular formula is C23H28F4N4O3S. The van der Waals surface area contributed by atoms with Crippen molar-refractivity contribution in [3.8, 4) is 0 Å². The van der Waals surface area contributed by atoms with Gasteiger partial charge in [0.2, 0.25) is 0 Å². The third-order valence-corrected chi connectivity index (χ3v) is 7.99. The quantitative estimate of drug-likeness (QED) is 0.561. The van der Waals surface area contributed by atoms with Crippen molar-refractivity contribution in [3.05, 3.63) is 54.0 Å². The number of ether oxygens (including phenoxy) is 1. The summed E-state index contributed by atoms with van der Waals surface area (Å²) in [6.45, 7) is 0.721. The third kappa shape index (κ3) is 6.47. The second-order valence-electron chi connectivity index (χ2n) is 9.11. The van der Waals surface area contributed by atoms with E-state index in [0.29, 0.717) is 12.4 Å². The van der Waals surface area contributed by atoms with Gasteiger partial charge in [0.25, 0.3) is 0 Å². The lowest BCUT2D eigenvalue weighted by Crippen LogP contribution is -2.55. The molecule has 192 valence electrons. The molecule has 7 nitrogen and oxygen atoms in total. The highest BCUT2D eigenvalue weighted by atomic mass is 32.2. The van der Waals surface area contributed by atoms with E-state index in [1.165, 1.54) is 12.3 Å². The van der Waals surface area contributed by atoms with Crippen molar-refractivity contribution in [3.63, 3.8) is 0 Å². The molecule has 4 rings (SSSR count). The van der Waals surface area contributed by atoms with Crippen LogP contribution in [-0.4, -0.2) is 56.0 Å². The van der Waals surface area contributed by atoms with Crippen molar-refractivity contribution in [1.29, 1.82) is 0 Å². The number of sulfonamides is 1. The van der Waals surface area contributed by atoms with E-state index in [1.807, 2.05) is 15.7 Å². The van der Waals surface area contributed by atoms with Crippen molar-refractivity contribution in [2.75, 3.05) is 24.6 Å². The lowest BCUT2D eigenvalue weighted by atomic mass is 9.82. The molecule has 0 bridgehead atoms. The van der Waals surface area contributed by atoms with Crippen LogP contribution in [0, 0.1) is 11.7 Å². The van der Waals surface area contributed by atoms with E-state index in [2.05, 4.69) is 10.2 Å². The summed E-state index contributed by atoms with van der Waals surface area (Å²) in [4.78, 5) is 1.88. The molecule has 1 saturated carbocycles. The molecule has 12 heteroatoms. The zero-order valence-electron chi connectivity index (χ0n) is 19.0. The molecule has 0 amide bonds. The van der Waals surface area contributed by atoms with Gasteiger partial charge in [0.1, 0.15) is 5.82 Å². The van der Waals surface area contributed by atoms with Crippen molar-refractivity contribution in [2.45, 2.75) is 55.7 Å². The van der Waals surface area contributed by atoms with Crippen LogP contribution < -0.4 is 9.62 Å². The van der Waals surface area contributed by atoms with E-state index in [0.717, 1.165) is 31.2 Å². The minimum Gasteiger partial charge on any atom is -0.378 e. The number of hydrogen-bond acceptors (Lipinski definition) is 6. The average Bonchev–Trinajstić information content (AvgIpc) is 2.83. The second-order valence-corrected chi connectivity index (χ2v) is 10.8. The van der Waals surface area contributed by atoms with Crippen LogP contribution in [0.15, 0.2) is 42.6 Å². The van der Waals surface area contributed by atoms with Crippen molar-refractivity contribution < 1.29 is 30.7 Å². The highest BCUT2D eigenvalue weighted by molar-refractivity contribution is 7.90. The highest BCUT2D eigenvalue weighted by Gasteiger charge is 2.48. The Morgan fingerprint density at radius 2 is 1.86 bits per heavy atom. The number of hydrogen-bond donors (Lipinski definition) is 1. The van der Waals surface area contributed by atoms with Gasteiger partial charge in [0, 0.05) is 31.2 Å². The first-order valence-electron chi connectivity index (χ1n) is 11.6. The summed E-state index contributed by atoms with van der Waals surface area (Å²) in [5, 5.41) is 7.90. The van der Waals surface area contributed by atoms with Crippen LogP contribution in [0.3, 0.4) is 0 Å². The zero-order chi connectivity index (χ0) is 25.1. The standard InChI is InChI=1S/C23H28F4N4O3S/c24-19-4-1-3-17(13-19)16-6-8-20(9-7-16)34-15-18-14-31(22-5-2-11-28-29-22)12-10-21(18)30-35(32,33)23(25,26)27/h1-5,11,13,16,18,20-21,30H,6-10,12,14-15H2/t16?,18-,20?,21-/m0/s1. The monoisotopic (exact) mass is 516 g/mol. The first-order valence-corrected chi connectivity index (χ1v) is 13.1. The van der Waals surface area contributed by atoms with Crippen LogP contribution in [0.4, 0.5) is 23.4 Å². The molecule has 0 unspecified atom stereocenters. The molecule has 1 N–H and O–H groups in total. The maximum atomic E-state index is 13.6. The van der Waals surface area contributed by atoms with Crippen molar-refractivity contribution >= 4 is 15.8 Å². The van der Waals surface area contributed by atoms with Gasteiger partial charge in [-0.15, -0.1) is 5.10 Å². The van der Waals surface area contributed by atoms with Gasteiger partial charge < -0.3 is 9.64 Å². The van der Waals surface area contributed by atoms with Crippen LogP contribution in [0.25, 0.3) is 0 Å². The fourth-order valence-corrected chi connectivity index (χ4v) is 5.72. The SMILES string of the molecule is O=S(=O)(N[C@H]1CCN(c2cccnn2)C[C@H]1COC1CCC(c2cccc(F)c2)CC1)C(F)(F)F. The molecule has 35 heavy (non-hydrogen) atoms. The largest absolute Gasteiger partial charge is 0.511 e. The molecule has 0 radical (unpaired) electrons. The Morgan fingerprint density at radius 3 is 2.51 bits per heavy atom. The van der Waals surface area contributed by atoms with E-state index < -0.39 is 27.5 Å². The van der Waals surface area contributed by atoms with Gasteiger partial charge in [-0.25, -0.2) is 17.5 Å². The minimum absolute atomic E-state index is 0.0911. The van der Waals surface area contributed by atoms with E-state index in [4.69, 9.17) is 4.74 Å². The molecular weight excluding hydrogens is 488 g/mol. The molecule has 1 aromatic heterocycles. The Kier molecular flexibility index (Phi) is 7.92. The van der Waals surface area contributed by atoms with Gasteiger partial charge in [-0.2, -0.15) is 18.3 Å². The molecule has 2 atom stereocenters. The number of piperidine rings is 1. The number of rotatable bonds is 7. The Hall–Kier alpha value is -2.31. The van der Waals surface area contributed by atoms with Crippen LogP contribution in [0.5, 0.6) is 0 Å². The molecule has 2 fully saturated rings. The molecule has 0 spiro atoms. The summed E-state index contributed by atoms with van der Waals surface area (Å²) in [7, 11) is -5.48. The van der Waals surface area contributed by atoms with Crippen LogP contribution in [-0.2, 0) is 14.8 Å². The van der Waals surface area contributed by atoms with Crippen LogP contribution in [0.1, 0.15) is 43.6 Å². The summed E-state index contributed by atoms with van der Waals surface area (Å²) >= 11 is 0. The fourth-order valence-electron chi connectivity index (χ4n) is 4.88. The molecule has 1 aromatic carbocycles. The summed E-state index contributed by atoms with van der Waals surface area (Å²) in [5.41, 5.74) is -4.42. The summed E-state index contributed by atoms with van der Waals surface area (Å²) in [6, 6.07) is 9.11. The van der Waals surface area contributed by atoms with E-state index in [9.17, 15) is 26.0 Å². The van der Waals surface area contributed by atoms with E-state index >= 15 is 0 Å². The molecule has 2 aliphatic rings. The summed E-state index contributed by atoms with van der Waals surface area (Å²) < 4.78 is 84.1. The van der Waals surface area contributed by atoms with Gasteiger partial charge in [-0.3, -0.25) is 0 Å². The maximum Gasteiger partial charge on any atom is 0.511 e. The predicted molar refractivity (Wildman–Crippen MR) is 122 cm³/mol. The molecule has 1 saturated heterocycles.